The van der Waals surface area contributed by atoms with Crippen LogP contribution in [0.5, 0.6) is 0 Å². The summed E-state index contributed by atoms with van der Waals surface area (Å²) in [7, 11) is 0. The van der Waals surface area contributed by atoms with Crippen LogP contribution >= 0.6 is 22.7 Å². The molecule has 0 spiro atoms. The van der Waals surface area contributed by atoms with E-state index in [4.69, 9.17) is 4.98 Å². The number of nitrogens with zero attached hydrogens (tertiary/aromatic N) is 3. The van der Waals surface area contributed by atoms with Gasteiger partial charge in [0.05, 0.1) is 5.39 Å². The number of anilines is 1. The first-order chi connectivity index (χ1) is 12.1. The number of nitrogens with one attached hydrogen (secondary N) is 1. The third-order valence-corrected chi connectivity index (χ3v) is 6.71. The minimum Gasteiger partial charge on any atom is -0.369 e. The molecule has 0 amide bonds. The van der Waals surface area contributed by atoms with Gasteiger partial charge in [0.25, 0.3) is 0 Å². The Hall–Kier alpha value is -1.50. The number of aryl methyl sites for hydroxylation is 1. The lowest BCUT2D eigenvalue weighted by atomic mass is 10.1. The molecule has 1 fully saturated rings. The lowest BCUT2D eigenvalue weighted by Gasteiger charge is -2.20. The molecule has 6 heteroatoms. The summed E-state index contributed by atoms with van der Waals surface area (Å²) < 4.78 is 0. The molecule has 1 N–H and O–H groups in total. The van der Waals surface area contributed by atoms with Crippen molar-refractivity contribution in [2.45, 2.75) is 33.2 Å². The highest BCUT2D eigenvalue weighted by molar-refractivity contribution is 7.18. The Morgan fingerprint density at radius 1 is 1.32 bits per heavy atom. The van der Waals surface area contributed by atoms with Crippen LogP contribution in [0.1, 0.15) is 26.1 Å². The second kappa shape index (κ2) is 7.02. The van der Waals surface area contributed by atoms with Crippen molar-refractivity contribution in [2.75, 3.05) is 25.0 Å². The summed E-state index contributed by atoms with van der Waals surface area (Å²) in [5.41, 5.74) is 1.26. The average molecular weight is 373 g/mol. The highest BCUT2D eigenvalue weighted by Gasteiger charge is 2.24. The minimum absolute atomic E-state index is 0.639. The zero-order valence-corrected chi connectivity index (χ0v) is 16.6. The lowest BCUT2D eigenvalue weighted by Crippen LogP contribution is -2.29. The summed E-state index contributed by atoms with van der Waals surface area (Å²) in [5.74, 6) is 2.52. The molecule has 3 aromatic heterocycles. The van der Waals surface area contributed by atoms with Crippen molar-refractivity contribution < 1.29 is 0 Å². The molecule has 0 unspecified atom stereocenters. The fourth-order valence-corrected chi connectivity index (χ4v) is 5.34. The van der Waals surface area contributed by atoms with Crippen LogP contribution in [-0.4, -0.2) is 40.5 Å². The van der Waals surface area contributed by atoms with Gasteiger partial charge in [-0.2, -0.15) is 0 Å². The number of hydrogen-bond donors (Lipinski definition) is 1. The molecule has 1 aliphatic rings. The van der Waals surface area contributed by atoms with Crippen LogP contribution < -0.4 is 5.32 Å². The standard InChI is InChI=1S/C19H24N4S2/c1-12(2)23-7-6-14(10-23)9-20-18-17-15(16-5-4-8-24-16)11-25-19(17)22-13(3)21-18/h4-5,8,11-12,14H,6-7,9-10H2,1-3H3,(H,20,21,22)/t14-/m0/s1. The largest absolute Gasteiger partial charge is 0.369 e. The van der Waals surface area contributed by atoms with Gasteiger partial charge < -0.3 is 10.2 Å². The normalized spacial score (nSPS) is 18.5. The Kier molecular flexibility index (Phi) is 4.75. The third-order valence-electron chi connectivity index (χ3n) is 4.94. The van der Waals surface area contributed by atoms with Gasteiger partial charge in [-0.05, 0) is 51.1 Å². The molecule has 4 rings (SSSR count). The van der Waals surface area contributed by atoms with Crippen molar-refractivity contribution >= 4 is 38.7 Å². The molecule has 0 radical (unpaired) electrons. The van der Waals surface area contributed by atoms with Gasteiger partial charge in [-0.25, -0.2) is 9.97 Å². The van der Waals surface area contributed by atoms with Crippen LogP contribution in [0.25, 0.3) is 20.7 Å². The summed E-state index contributed by atoms with van der Waals surface area (Å²) in [6.45, 7) is 9.91. The van der Waals surface area contributed by atoms with E-state index in [1.54, 1.807) is 22.7 Å². The van der Waals surface area contributed by atoms with Gasteiger partial charge in [0.2, 0.25) is 0 Å². The molecule has 0 bridgehead atoms. The van der Waals surface area contributed by atoms with Crippen LogP contribution in [0.2, 0.25) is 0 Å². The monoisotopic (exact) mass is 372 g/mol. The highest BCUT2D eigenvalue weighted by Crippen LogP contribution is 2.39. The smallest absolute Gasteiger partial charge is 0.139 e. The second-order valence-corrected chi connectivity index (χ2v) is 8.86. The zero-order chi connectivity index (χ0) is 17.4. The van der Waals surface area contributed by atoms with Crippen LogP contribution in [0, 0.1) is 12.8 Å². The summed E-state index contributed by atoms with van der Waals surface area (Å²) in [5, 5.41) is 9.17. The first-order valence-corrected chi connectivity index (χ1v) is 10.7. The van der Waals surface area contributed by atoms with E-state index in [0.717, 1.165) is 23.0 Å². The summed E-state index contributed by atoms with van der Waals surface area (Å²) in [6, 6.07) is 4.91. The number of likely N-dealkylation sites (tertiary alicyclic amines) is 1. The second-order valence-electron chi connectivity index (χ2n) is 7.05. The van der Waals surface area contributed by atoms with Crippen molar-refractivity contribution in [3.63, 3.8) is 0 Å². The molecule has 1 aliphatic heterocycles. The number of aromatic nitrogens is 2. The topological polar surface area (TPSA) is 41.1 Å². The zero-order valence-electron chi connectivity index (χ0n) is 15.0. The van der Waals surface area contributed by atoms with Gasteiger partial charge in [-0.1, -0.05) is 6.07 Å². The van der Waals surface area contributed by atoms with Crippen molar-refractivity contribution in [3.05, 3.63) is 28.7 Å². The lowest BCUT2D eigenvalue weighted by molar-refractivity contribution is 0.266. The average Bonchev–Trinajstić information content (AvgIpc) is 3.31. The summed E-state index contributed by atoms with van der Waals surface area (Å²) in [6.07, 6.45) is 1.26. The molecular formula is C19H24N4S2. The minimum atomic E-state index is 0.639. The molecule has 4 nitrogen and oxygen atoms in total. The molecule has 0 aliphatic carbocycles. The number of thiophene rings is 2. The fourth-order valence-electron chi connectivity index (χ4n) is 3.53. The van der Waals surface area contributed by atoms with Crippen molar-refractivity contribution in [1.82, 2.24) is 14.9 Å². The Balaban J connectivity index is 1.60. The number of fused-ring (bicyclic) bond motifs is 1. The van der Waals surface area contributed by atoms with E-state index in [2.05, 4.69) is 51.9 Å². The van der Waals surface area contributed by atoms with E-state index >= 15 is 0 Å². The molecular weight excluding hydrogens is 348 g/mol. The first-order valence-electron chi connectivity index (χ1n) is 8.89. The Morgan fingerprint density at radius 3 is 2.92 bits per heavy atom. The summed E-state index contributed by atoms with van der Waals surface area (Å²) in [4.78, 5) is 14.3. The van der Waals surface area contributed by atoms with E-state index in [-0.39, 0.29) is 0 Å². The Morgan fingerprint density at radius 2 is 2.20 bits per heavy atom. The molecule has 1 atom stereocenters. The maximum Gasteiger partial charge on any atom is 0.139 e. The highest BCUT2D eigenvalue weighted by atomic mass is 32.1. The van der Waals surface area contributed by atoms with E-state index in [1.165, 1.54) is 35.3 Å². The molecule has 4 heterocycles. The fraction of sp³-hybridized carbons (Fsp3) is 0.474. The van der Waals surface area contributed by atoms with Crippen LogP contribution in [0.3, 0.4) is 0 Å². The number of rotatable bonds is 5. The van der Waals surface area contributed by atoms with Crippen molar-refractivity contribution in [1.29, 1.82) is 0 Å². The molecule has 132 valence electrons. The van der Waals surface area contributed by atoms with E-state index in [9.17, 15) is 0 Å². The molecule has 25 heavy (non-hydrogen) atoms. The van der Waals surface area contributed by atoms with Gasteiger partial charge in [-0.3, -0.25) is 0 Å². The van der Waals surface area contributed by atoms with Crippen LogP contribution in [0.4, 0.5) is 5.82 Å². The first kappa shape index (κ1) is 16.9. The van der Waals surface area contributed by atoms with Gasteiger partial charge in [0.15, 0.2) is 0 Å². The maximum atomic E-state index is 4.73. The van der Waals surface area contributed by atoms with Gasteiger partial charge in [0, 0.05) is 35.0 Å². The maximum absolute atomic E-state index is 4.73. The van der Waals surface area contributed by atoms with E-state index in [0.29, 0.717) is 12.0 Å². The van der Waals surface area contributed by atoms with E-state index in [1.807, 2.05) is 6.92 Å². The van der Waals surface area contributed by atoms with E-state index < -0.39 is 0 Å². The third kappa shape index (κ3) is 3.43. The predicted molar refractivity (Wildman–Crippen MR) is 109 cm³/mol. The number of hydrogen-bond acceptors (Lipinski definition) is 6. The van der Waals surface area contributed by atoms with Crippen LogP contribution in [-0.2, 0) is 0 Å². The van der Waals surface area contributed by atoms with Gasteiger partial charge in [-0.15, -0.1) is 22.7 Å². The molecule has 1 saturated heterocycles. The molecule has 0 saturated carbocycles. The quantitative estimate of drug-likeness (QED) is 0.694. The van der Waals surface area contributed by atoms with Crippen LogP contribution in [0.15, 0.2) is 22.9 Å². The molecule has 0 aromatic carbocycles. The predicted octanol–water partition coefficient (Wildman–Crippen LogP) is 4.87. The van der Waals surface area contributed by atoms with Gasteiger partial charge >= 0.3 is 0 Å². The van der Waals surface area contributed by atoms with Gasteiger partial charge in [0.1, 0.15) is 16.5 Å². The van der Waals surface area contributed by atoms with Crippen molar-refractivity contribution in [3.8, 4) is 10.4 Å². The SMILES string of the molecule is Cc1nc(NC[C@@H]2CCN(C(C)C)C2)c2c(-c3cccs3)csc2n1. The Labute approximate surface area is 156 Å². The summed E-state index contributed by atoms with van der Waals surface area (Å²) >= 11 is 3.48. The van der Waals surface area contributed by atoms with Crippen molar-refractivity contribution in [2.24, 2.45) is 5.92 Å². The molecule has 3 aromatic rings. The Bertz CT molecular complexity index is 854.